The summed E-state index contributed by atoms with van der Waals surface area (Å²) in [6.45, 7) is 1.73. The minimum absolute atomic E-state index is 0.201. The number of anilines is 3. The lowest BCUT2D eigenvalue weighted by Gasteiger charge is -2.07. The topological polar surface area (TPSA) is 80.0 Å². The van der Waals surface area contributed by atoms with Crippen LogP contribution in [0.25, 0.3) is 0 Å². The van der Waals surface area contributed by atoms with E-state index in [0.717, 1.165) is 0 Å². The molecule has 0 atom stereocenters. The molecular weight excluding hydrogens is 299 g/mol. The fourth-order valence-corrected chi connectivity index (χ4v) is 1.97. The van der Waals surface area contributed by atoms with Gasteiger partial charge in [0.2, 0.25) is 0 Å². The van der Waals surface area contributed by atoms with Crippen molar-refractivity contribution in [2.24, 2.45) is 0 Å². The van der Waals surface area contributed by atoms with Gasteiger partial charge in [0, 0.05) is 23.6 Å². The maximum Gasteiger partial charge on any atom is 0.275 e. The Morgan fingerprint density at radius 3 is 2.74 bits per heavy atom. The summed E-state index contributed by atoms with van der Waals surface area (Å²) in [6.07, 6.45) is 1.49. The summed E-state index contributed by atoms with van der Waals surface area (Å²) in [7, 11) is 0. The number of benzene rings is 1. The first-order valence-electron chi connectivity index (χ1n) is 6.83. The van der Waals surface area contributed by atoms with E-state index < -0.39 is 5.91 Å². The van der Waals surface area contributed by atoms with Gasteiger partial charge in [-0.25, -0.2) is 4.39 Å². The van der Waals surface area contributed by atoms with Crippen LogP contribution in [0.2, 0.25) is 0 Å². The summed E-state index contributed by atoms with van der Waals surface area (Å²) in [6, 6.07) is 10.9. The van der Waals surface area contributed by atoms with Gasteiger partial charge in [-0.2, -0.15) is 0 Å². The second kappa shape index (κ2) is 6.27. The summed E-state index contributed by atoms with van der Waals surface area (Å²) < 4.78 is 18.1. The standard InChI is InChI=1S/C16H13FN4O2/c1-10-7-15(21-23-10)20-16(22)14-9-13(5-6-18-14)19-12-4-2-3-11(17)8-12/h2-9H,1H3,(H,18,19)(H,20,21,22). The Hall–Kier alpha value is -3.22. The number of nitrogens with zero attached hydrogens (tertiary/aromatic N) is 2. The van der Waals surface area contributed by atoms with Crippen LogP contribution in [-0.2, 0) is 0 Å². The number of aryl methyl sites for hydroxylation is 1. The van der Waals surface area contributed by atoms with Gasteiger partial charge in [-0.1, -0.05) is 11.2 Å². The number of aromatic nitrogens is 2. The van der Waals surface area contributed by atoms with Gasteiger partial charge in [-0.15, -0.1) is 0 Å². The molecule has 2 N–H and O–H groups in total. The van der Waals surface area contributed by atoms with Gasteiger partial charge in [0.1, 0.15) is 17.3 Å². The number of carbonyl (C=O) groups excluding carboxylic acids is 1. The highest BCUT2D eigenvalue weighted by atomic mass is 19.1. The van der Waals surface area contributed by atoms with E-state index in [1.165, 1.54) is 18.3 Å². The molecule has 7 heteroatoms. The molecule has 0 saturated heterocycles. The van der Waals surface area contributed by atoms with Crippen LogP contribution >= 0.6 is 0 Å². The SMILES string of the molecule is Cc1cc(NC(=O)c2cc(Nc3cccc(F)c3)ccn2)no1. The molecule has 0 unspecified atom stereocenters. The molecule has 0 aliphatic heterocycles. The van der Waals surface area contributed by atoms with E-state index in [0.29, 0.717) is 23.0 Å². The maximum atomic E-state index is 13.2. The van der Waals surface area contributed by atoms with E-state index in [1.807, 2.05) is 0 Å². The van der Waals surface area contributed by atoms with Crippen LogP contribution in [0.1, 0.15) is 16.2 Å². The van der Waals surface area contributed by atoms with Crippen molar-refractivity contribution in [1.29, 1.82) is 0 Å². The molecule has 0 aliphatic rings. The number of pyridine rings is 1. The highest BCUT2D eigenvalue weighted by Gasteiger charge is 2.11. The molecular formula is C16H13FN4O2. The van der Waals surface area contributed by atoms with E-state index in [-0.39, 0.29) is 11.5 Å². The molecule has 3 rings (SSSR count). The zero-order valence-corrected chi connectivity index (χ0v) is 12.2. The predicted octanol–water partition coefficient (Wildman–Crippen LogP) is 3.51. The van der Waals surface area contributed by atoms with Crippen molar-refractivity contribution in [3.05, 3.63) is 65.9 Å². The van der Waals surface area contributed by atoms with Crippen molar-refractivity contribution in [3.63, 3.8) is 0 Å². The molecule has 116 valence electrons. The van der Waals surface area contributed by atoms with E-state index >= 15 is 0 Å². The monoisotopic (exact) mass is 312 g/mol. The third-order valence-corrected chi connectivity index (χ3v) is 2.98. The summed E-state index contributed by atoms with van der Waals surface area (Å²) in [5.41, 5.74) is 1.40. The molecule has 23 heavy (non-hydrogen) atoms. The second-order valence-corrected chi connectivity index (χ2v) is 4.84. The molecule has 2 aromatic heterocycles. The Kier molecular flexibility index (Phi) is 4.01. The molecule has 0 saturated carbocycles. The van der Waals surface area contributed by atoms with Crippen LogP contribution in [0.15, 0.2) is 53.2 Å². The van der Waals surface area contributed by atoms with Crippen molar-refractivity contribution in [3.8, 4) is 0 Å². The number of hydrogen-bond acceptors (Lipinski definition) is 5. The molecule has 2 heterocycles. The Morgan fingerprint density at radius 1 is 1.17 bits per heavy atom. The number of rotatable bonds is 4. The number of amides is 1. The lowest BCUT2D eigenvalue weighted by atomic mass is 10.2. The highest BCUT2D eigenvalue weighted by Crippen LogP contribution is 2.18. The van der Waals surface area contributed by atoms with Gasteiger partial charge in [-0.05, 0) is 37.3 Å². The van der Waals surface area contributed by atoms with Crippen molar-refractivity contribution in [2.75, 3.05) is 10.6 Å². The quantitative estimate of drug-likeness (QED) is 0.770. The van der Waals surface area contributed by atoms with Crippen molar-refractivity contribution < 1.29 is 13.7 Å². The molecule has 0 spiro atoms. The van der Waals surface area contributed by atoms with Crippen molar-refractivity contribution in [1.82, 2.24) is 10.1 Å². The molecule has 1 amide bonds. The smallest absolute Gasteiger partial charge is 0.275 e. The minimum Gasteiger partial charge on any atom is -0.360 e. The van der Waals surface area contributed by atoms with E-state index in [2.05, 4.69) is 20.8 Å². The summed E-state index contributed by atoms with van der Waals surface area (Å²) in [5, 5.41) is 9.29. The van der Waals surface area contributed by atoms with Gasteiger partial charge in [-0.3, -0.25) is 9.78 Å². The van der Waals surface area contributed by atoms with E-state index in [9.17, 15) is 9.18 Å². The number of nitrogens with one attached hydrogen (secondary N) is 2. The van der Waals surface area contributed by atoms with Gasteiger partial charge in [0.05, 0.1) is 0 Å². The Morgan fingerprint density at radius 2 is 2.00 bits per heavy atom. The Labute approximate surface area is 131 Å². The summed E-state index contributed by atoms with van der Waals surface area (Å²) >= 11 is 0. The average Bonchev–Trinajstić information content (AvgIpc) is 2.92. The van der Waals surface area contributed by atoms with Crippen LogP contribution in [-0.4, -0.2) is 16.0 Å². The molecule has 0 bridgehead atoms. The van der Waals surface area contributed by atoms with Gasteiger partial charge in [0.15, 0.2) is 5.82 Å². The third kappa shape index (κ3) is 3.70. The normalized spacial score (nSPS) is 10.3. The molecule has 0 aliphatic carbocycles. The molecule has 0 radical (unpaired) electrons. The van der Waals surface area contributed by atoms with Gasteiger partial charge >= 0.3 is 0 Å². The molecule has 6 nitrogen and oxygen atoms in total. The molecule has 0 fully saturated rings. The first kappa shape index (κ1) is 14.7. The average molecular weight is 312 g/mol. The zero-order valence-electron chi connectivity index (χ0n) is 12.2. The molecule has 1 aromatic carbocycles. The van der Waals surface area contributed by atoms with E-state index in [1.54, 1.807) is 37.3 Å². The summed E-state index contributed by atoms with van der Waals surface area (Å²) in [4.78, 5) is 16.2. The lowest BCUT2D eigenvalue weighted by molar-refractivity contribution is 0.102. The Bertz CT molecular complexity index is 847. The highest BCUT2D eigenvalue weighted by molar-refractivity contribution is 6.02. The first-order valence-corrected chi connectivity index (χ1v) is 6.83. The van der Waals surface area contributed by atoms with Crippen LogP contribution in [0.4, 0.5) is 21.6 Å². The van der Waals surface area contributed by atoms with E-state index in [4.69, 9.17) is 4.52 Å². The lowest BCUT2D eigenvalue weighted by Crippen LogP contribution is -2.14. The minimum atomic E-state index is -0.416. The Balaban J connectivity index is 1.75. The van der Waals surface area contributed by atoms with Crippen LogP contribution in [0, 0.1) is 12.7 Å². The number of halogens is 1. The van der Waals surface area contributed by atoms with Crippen LogP contribution < -0.4 is 10.6 Å². The third-order valence-electron chi connectivity index (χ3n) is 2.98. The maximum absolute atomic E-state index is 13.2. The zero-order chi connectivity index (χ0) is 16.2. The van der Waals surface area contributed by atoms with Crippen LogP contribution in [0.5, 0.6) is 0 Å². The van der Waals surface area contributed by atoms with Crippen molar-refractivity contribution in [2.45, 2.75) is 6.92 Å². The number of hydrogen-bond donors (Lipinski definition) is 2. The molecule has 3 aromatic rings. The second-order valence-electron chi connectivity index (χ2n) is 4.84. The summed E-state index contributed by atoms with van der Waals surface area (Å²) in [5.74, 6) is 0.150. The largest absolute Gasteiger partial charge is 0.360 e. The fourth-order valence-electron chi connectivity index (χ4n) is 1.97. The van der Waals surface area contributed by atoms with Crippen LogP contribution in [0.3, 0.4) is 0 Å². The van der Waals surface area contributed by atoms with Gasteiger partial charge in [0.25, 0.3) is 5.91 Å². The number of carbonyl (C=O) groups is 1. The predicted molar refractivity (Wildman–Crippen MR) is 83.1 cm³/mol. The van der Waals surface area contributed by atoms with Crippen molar-refractivity contribution >= 4 is 23.1 Å². The fraction of sp³-hybridized carbons (Fsp3) is 0.0625. The van der Waals surface area contributed by atoms with Gasteiger partial charge < -0.3 is 15.2 Å². The first-order chi connectivity index (χ1) is 11.1.